The summed E-state index contributed by atoms with van der Waals surface area (Å²) in [5, 5.41) is 3.28. The minimum absolute atomic E-state index is 0.208. The second-order valence-corrected chi connectivity index (χ2v) is 4.34. The molecule has 0 spiro atoms. The molecule has 2 nitrogen and oxygen atoms in total. The van der Waals surface area contributed by atoms with Gasteiger partial charge in [0.25, 0.3) is 0 Å². The van der Waals surface area contributed by atoms with Gasteiger partial charge in [-0.15, -0.1) is 0 Å². The Morgan fingerprint density at radius 1 is 1.50 bits per heavy atom. The molecule has 88 valence electrons. The Morgan fingerprint density at radius 2 is 2.25 bits per heavy atom. The maximum atomic E-state index is 13.6. The number of halogens is 1. The van der Waals surface area contributed by atoms with Gasteiger partial charge in [-0.25, -0.2) is 4.39 Å². The lowest BCUT2D eigenvalue weighted by atomic mass is 10.1. The van der Waals surface area contributed by atoms with Gasteiger partial charge in [0.2, 0.25) is 0 Å². The van der Waals surface area contributed by atoms with Crippen molar-refractivity contribution in [2.75, 3.05) is 12.4 Å². The van der Waals surface area contributed by atoms with E-state index in [9.17, 15) is 4.39 Å². The molecule has 1 saturated carbocycles. The lowest BCUT2D eigenvalue weighted by Crippen LogP contribution is -2.21. The monoisotopic (exact) mass is 223 g/mol. The molecule has 1 aromatic rings. The summed E-state index contributed by atoms with van der Waals surface area (Å²) in [7, 11) is 1.59. The van der Waals surface area contributed by atoms with Crippen molar-refractivity contribution in [2.24, 2.45) is 5.92 Å². The van der Waals surface area contributed by atoms with Crippen molar-refractivity contribution in [3.63, 3.8) is 0 Å². The Morgan fingerprint density at radius 3 is 2.81 bits per heavy atom. The van der Waals surface area contributed by atoms with Crippen molar-refractivity contribution in [1.82, 2.24) is 0 Å². The second kappa shape index (κ2) is 4.73. The van der Waals surface area contributed by atoms with Gasteiger partial charge in [-0.05, 0) is 37.3 Å². The largest absolute Gasteiger partial charge is 0.497 e. The Labute approximate surface area is 95.8 Å². The van der Waals surface area contributed by atoms with Gasteiger partial charge in [-0.3, -0.25) is 0 Å². The molecule has 0 aliphatic heterocycles. The highest BCUT2D eigenvalue weighted by Crippen LogP contribution is 2.36. The van der Waals surface area contributed by atoms with Gasteiger partial charge in [-0.2, -0.15) is 0 Å². The molecule has 0 aromatic heterocycles. The normalized spacial score (nSPS) is 16.9. The van der Waals surface area contributed by atoms with Crippen LogP contribution in [0, 0.1) is 11.7 Å². The van der Waals surface area contributed by atoms with Gasteiger partial charge < -0.3 is 10.1 Å². The molecule has 1 aromatic carbocycles. The molecule has 1 aliphatic rings. The van der Waals surface area contributed by atoms with Crippen molar-refractivity contribution in [3.8, 4) is 5.75 Å². The highest BCUT2D eigenvalue weighted by molar-refractivity contribution is 5.50. The molecule has 1 N–H and O–H groups in total. The van der Waals surface area contributed by atoms with E-state index in [2.05, 4.69) is 12.2 Å². The molecule has 1 atom stereocenters. The molecule has 0 bridgehead atoms. The minimum Gasteiger partial charge on any atom is -0.497 e. The number of ether oxygens (including phenoxy) is 1. The van der Waals surface area contributed by atoms with Gasteiger partial charge in [0.05, 0.1) is 12.8 Å². The molecule has 0 saturated heterocycles. The summed E-state index contributed by atoms with van der Waals surface area (Å²) in [5.41, 5.74) is 0.554. The van der Waals surface area contributed by atoms with E-state index in [0.717, 1.165) is 12.3 Å². The summed E-state index contributed by atoms with van der Waals surface area (Å²) in [4.78, 5) is 0. The quantitative estimate of drug-likeness (QED) is 0.825. The van der Waals surface area contributed by atoms with Crippen LogP contribution < -0.4 is 10.1 Å². The summed E-state index contributed by atoms with van der Waals surface area (Å²) < 4.78 is 18.7. The first kappa shape index (κ1) is 11.2. The number of benzene rings is 1. The lowest BCUT2D eigenvalue weighted by Gasteiger charge is -2.18. The van der Waals surface area contributed by atoms with Crippen LogP contribution in [0.1, 0.15) is 26.2 Å². The topological polar surface area (TPSA) is 21.3 Å². The Balaban J connectivity index is 2.11. The van der Waals surface area contributed by atoms with Crippen LogP contribution in [0.25, 0.3) is 0 Å². The first-order chi connectivity index (χ1) is 7.74. The molecule has 1 fully saturated rings. The van der Waals surface area contributed by atoms with Gasteiger partial charge >= 0.3 is 0 Å². The number of nitrogens with one attached hydrogen (secondary N) is 1. The molecule has 1 aliphatic carbocycles. The number of rotatable bonds is 5. The van der Waals surface area contributed by atoms with E-state index in [4.69, 9.17) is 4.74 Å². The molecule has 0 amide bonds. The van der Waals surface area contributed by atoms with E-state index in [1.807, 2.05) is 0 Å². The summed E-state index contributed by atoms with van der Waals surface area (Å²) in [5.74, 6) is 1.20. The molecule has 1 unspecified atom stereocenters. The van der Waals surface area contributed by atoms with Gasteiger partial charge in [0, 0.05) is 12.1 Å². The third kappa shape index (κ3) is 2.46. The van der Waals surface area contributed by atoms with E-state index < -0.39 is 0 Å². The summed E-state index contributed by atoms with van der Waals surface area (Å²) >= 11 is 0. The Bertz CT molecular complexity index is 363. The lowest BCUT2D eigenvalue weighted by molar-refractivity contribution is 0.414. The highest BCUT2D eigenvalue weighted by atomic mass is 19.1. The number of hydrogen-bond acceptors (Lipinski definition) is 2. The Kier molecular flexibility index (Phi) is 3.32. The third-order valence-electron chi connectivity index (χ3n) is 3.15. The van der Waals surface area contributed by atoms with Crippen molar-refractivity contribution in [1.29, 1.82) is 0 Å². The average Bonchev–Trinajstić information content (AvgIpc) is 3.12. The van der Waals surface area contributed by atoms with E-state index in [1.165, 1.54) is 18.9 Å². The fourth-order valence-electron chi connectivity index (χ4n) is 1.99. The molecule has 0 radical (unpaired) electrons. The zero-order valence-electron chi connectivity index (χ0n) is 9.79. The predicted molar refractivity (Wildman–Crippen MR) is 63.4 cm³/mol. The van der Waals surface area contributed by atoms with E-state index >= 15 is 0 Å². The number of methoxy groups -OCH3 is 1. The number of anilines is 1. The fraction of sp³-hybridized carbons (Fsp3) is 0.538. The third-order valence-corrected chi connectivity index (χ3v) is 3.15. The second-order valence-electron chi connectivity index (χ2n) is 4.34. The van der Waals surface area contributed by atoms with E-state index in [0.29, 0.717) is 17.5 Å². The SMILES string of the molecule is CCC(Nc1cc(OC)ccc1F)C1CC1. The zero-order valence-corrected chi connectivity index (χ0v) is 9.79. The van der Waals surface area contributed by atoms with Gasteiger partial charge in [-0.1, -0.05) is 6.92 Å². The first-order valence-electron chi connectivity index (χ1n) is 5.84. The van der Waals surface area contributed by atoms with Crippen LogP contribution in [0.2, 0.25) is 0 Å². The molecule has 3 heteroatoms. The predicted octanol–water partition coefficient (Wildman–Crippen LogP) is 3.43. The molecule has 2 rings (SSSR count). The number of hydrogen-bond donors (Lipinski definition) is 1. The minimum atomic E-state index is -0.208. The zero-order chi connectivity index (χ0) is 11.5. The maximum absolute atomic E-state index is 13.6. The van der Waals surface area contributed by atoms with Crippen LogP contribution in [0.15, 0.2) is 18.2 Å². The molecule has 16 heavy (non-hydrogen) atoms. The van der Waals surface area contributed by atoms with Gasteiger partial charge in [0.1, 0.15) is 11.6 Å². The first-order valence-corrected chi connectivity index (χ1v) is 5.84. The molecular weight excluding hydrogens is 205 g/mol. The van der Waals surface area contributed by atoms with Crippen molar-refractivity contribution < 1.29 is 9.13 Å². The van der Waals surface area contributed by atoms with E-state index in [1.54, 1.807) is 19.2 Å². The highest BCUT2D eigenvalue weighted by Gasteiger charge is 2.30. The van der Waals surface area contributed by atoms with Crippen molar-refractivity contribution >= 4 is 5.69 Å². The summed E-state index contributed by atoms with van der Waals surface area (Å²) in [6.45, 7) is 2.13. The smallest absolute Gasteiger partial charge is 0.146 e. The standard InChI is InChI=1S/C13H18FNO/c1-3-12(9-4-5-9)15-13-8-10(16-2)6-7-11(13)14/h6-9,12,15H,3-5H2,1-2H3. The fourth-order valence-corrected chi connectivity index (χ4v) is 1.99. The van der Waals surface area contributed by atoms with Crippen LogP contribution in [-0.2, 0) is 0 Å². The van der Waals surface area contributed by atoms with Crippen LogP contribution in [0.5, 0.6) is 5.75 Å². The van der Waals surface area contributed by atoms with Crippen LogP contribution in [0.4, 0.5) is 10.1 Å². The Hall–Kier alpha value is -1.25. The molecular formula is C13H18FNO. The summed E-state index contributed by atoms with van der Waals surface area (Å²) in [6.07, 6.45) is 3.55. The van der Waals surface area contributed by atoms with Gasteiger partial charge in [0.15, 0.2) is 0 Å². The van der Waals surface area contributed by atoms with Crippen LogP contribution in [-0.4, -0.2) is 13.2 Å². The van der Waals surface area contributed by atoms with Crippen LogP contribution >= 0.6 is 0 Å². The van der Waals surface area contributed by atoms with Crippen LogP contribution in [0.3, 0.4) is 0 Å². The van der Waals surface area contributed by atoms with Crippen molar-refractivity contribution in [2.45, 2.75) is 32.2 Å². The van der Waals surface area contributed by atoms with Crippen molar-refractivity contribution in [3.05, 3.63) is 24.0 Å². The molecule has 0 heterocycles. The van der Waals surface area contributed by atoms with E-state index in [-0.39, 0.29) is 5.82 Å². The maximum Gasteiger partial charge on any atom is 0.146 e. The summed E-state index contributed by atoms with van der Waals surface area (Å²) in [6, 6.07) is 5.20. The average molecular weight is 223 g/mol.